The number of aliphatic carboxylic acids is 1. The highest BCUT2D eigenvalue weighted by Crippen LogP contribution is 2.34. The number of carbonyl (C=O) groups excluding carboxylic acids is 1. The van der Waals surface area contributed by atoms with Gasteiger partial charge in [0.15, 0.2) is 6.61 Å². The normalized spacial score (nSPS) is 13.2. The number of carboxylic acids is 1. The molecular formula is C18H18N2O4. The van der Waals surface area contributed by atoms with Crippen molar-refractivity contribution in [1.29, 1.82) is 0 Å². The zero-order valence-corrected chi connectivity index (χ0v) is 13.1. The van der Waals surface area contributed by atoms with E-state index in [-0.39, 0.29) is 25.5 Å². The summed E-state index contributed by atoms with van der Waals surface area (Å²) >= 11 is 0. The van der Waals surface area contributed by atoms with Crippen molar-refractivity contribution in [3.63, 3.8) is 0 Å². The first-order chi connectivity index (χ1) is 11.6. The third kappa shape index (κ3) is 3.65. The molecule has 0 spiro atoms. The molecule has 0 bridgehead atoms. The van der Waals surface area contributed by atoms with Crippen molar-refractivity contribution in [2.75, 3.05) is 23.4 Å². The maximum absolute atomic E-state index is 12.0. The Morgan fingerprint density at radius 3 is 2.75 bits per heavy atom. The number of carboxylic acid groups (broad SMARTS) is 1. The second-order valence-corrected chi connectivity index (χ2v) is 5.50. The Kier molecular flexibility index (Phi) is 4.65. The van der Waals surface area contributed by atoms with Crippen molar-refractivity contribution in [1.82, 2.24) is 0 Å². The molecule has 0 fully saturated rings. The van der Waals surface area contributed by atoms with E-state index < -0.39 is 5.97 Å². The van der Waals surface area contributed by atoms with Gasteiger partial charge in [0.2, 0.25) is 0 Å². The van der Waals surface area contributed by atoms with Crippen LogP contribution in [-0.4, -0.2) is 30.1 Å². The molecule has 2 N–H and O–H groups in total. The highest BCUT2D eigenvalue weighted by Gasteiger charge is 2.26. The fraction of sp³-hybridized carbons (Fsp3) is 0.222. The summed E-state index contributed by atoms with van der Waals surface area (Å²) in [6.07, 6.45) is -0.0980. The average molecular weight is 326 g/mol. The van der Waals surface area contributed by atoms with E-state index in [1.165, 1.54) is 4.90 Å². The Bertz CT molecular complexity index is 746. The second-order valence-electron chi connectivity index (χ2n) is 5.50. The highest BCUT2D eigenvalue weighted by molar-refractivity contribution is 5.98. The molecule has 0 saturated carbocycles. The van der Waals surface area contributed by atoms with Crippen LogP contribution in [0.5, 0.6) is 5.75 Å². The van der Waals surface area contributed by atoms with E-state index in [0.29, 0.717) is 18.0 Å². The molecule has 1 amide bonds. The van der Waals surface area contributed by atoms with Gasteiger partial charge in [0.05, 0.1) is 12.1 Å². The summed E-state index contributed by atoms with van der Waals surface area (Å²) in [5.74, 6) is -0.580. The number of carbonyl (C=O) groups is 2. The van der Waals surface area contributed by atoms with Gasteiger partial charge in [-0.05, 0) is 17.7 Å². The largest absolute Gasteiger partial charge is 0.481 e. The third-order valence-electron chi connectivity index (χ3n) is 3.79. The van der Waals surface area contributed by atoms with Gasteiger partial charge in [-0.25, -0.2) is 0 Å². The minimum atomic E-state index is -0.933. The highest BCUT2D eigenvalue weighted by atomic mass is 16.5. The number of rotatable bonds is 6. The SMILES string of the molecule is O=C(O)CCN1C(=O)COc2cc(NCc3ccccc3)ccc21. The monoisotopic (exact) mass is 326 g/mol. The number of hydrogen-bond acceptors (Lipinski definition) is 4. The van der Waals surface area contributed by atoms with Crippen LogP contribution in [0.1, 0.15) is 12.0 Å². The summed E-state index contributed by atoms with van der Waals surface area (Å²) in [5.41, 5.74) is 2.65. The molecule has 6 heteroatoms. The molecule has 0 atom stereocenters. The van der Waals surface area contributed by atoms with Crippen LogP contribution in [0.2, 0.25) is 0 Å². The van der Waals surface area contributed by atoms with Gasteiger partial charge in [-0.3, -0.25) is 9.59 Å². The van der Waals surface area contributed by atoms with E-state index in [1.54, 1.807) is 6.07 Å². The van der Waals surface area contributed by atoms with E-state index in [0.717, 1.165) is 11.3 Å². The van der Waals surface area contributed by atoms with Crippen LogP contribution in [0.3, 0.4) is 0 Å². The predicted molar refractivity (Wildman–Crippen MR) is 90.3 cm³/mol. The number of fused-ring (bicyclic) bond motifs is 1. The van der Waals surface area contributed by atoms with Crippen molar-refractivity contribution < 1.29 is 19.4 Å². The molecule has 3 rings (SSSR count). The first-order valence-corrected chi connectivity index (χ1v) is 7.70. The number of nitrogens with one attached hydrogen (secondary N) is 1. The zero-order valence-electron chi connectivity index (χ0n) is 13.1. The Balaban J connectivity index is 1.73. The topological polar surface area (TPSA) is 78.9 Å². The number of anilines is 2. The molecule has 1 aliphatic rings. The number of ether oxygens (including phenoxy) is 1. The van der Waals surface area contributed by atoms with Crippen LogP contribution in [0.25, 0.3) is 0 Å². The lowest BCUT2D eigenvalue weighted by molar-refractivity contribution is -0.136. The van der Waals surface area contributed by atoms with Gasteiger partial charge in [-0.2, -0.15) is 0 Å². The quantitative estimate of drug-likeness (QED) is 0.853. The summed E-state index contributed by atoms with van der Waals surface area (Å²) in [6.45, 7) is 0.747. The summed E-state index contributed by atoms with van der Waals surface area (Å²) in [4.78, 5) is 24.2. The molecule has 0 radical (unpaired) electrons. The van der Waals surface area contributed by atoms with Gasteiger partial charge < -0.3 is 20.1 Å². The van der Waals surface area contributed by atoms with Gasteiger partial charge in [-0.1, -0.05) is 30.3 Å². The average Bonchev–Trinajstić information content (AvgIpc) is 2.60. The van der Waals surface area contributed by atoms with E-state index >= 15 is 0 Å². The van der Waals surface area contributed by atoms with Crippen molar-refractivity contribution in [3.8, 4) is 5.75 Å². The Morgan fingerprint density at radius 1 is 1.21 bits per heavy atom. The van der Waals surface area contributed by atoms with Gasteiger partial charge in [0.1, 0.15) is 5.75 Å². The van der Waals surface area contributed by atoms with Gasteiger partial charge in [0.25, 0.3) is 5.91 Å². The molecule has 0 unspecified atom stereocenters. The first-order valence-electron chi connectivity index (χ1n) is 7.70. The molecule has 124 valence electrons. The van der Waals surface area contributed by atoms with E-state index in [2.05, 4.69) is 5.32 Å². The summed E-state index contributed by atoms with van der Waals surface area (Å²) < 4.78 is 5.49. The third-order valence-corrected chi connectivity index (χ3v) is 3.79. The summed E-state index contributed by atoms with van der Waals surface area (Å²) in [7, 11) is 0. The molecule has 0 saturated heterocycles. The number of benzene rings is 2. The maximum atomic E-state index is 12.0. The smallest absolute Gasteiger partial charge is 0.305 e. The molecule has 6 nitrogen and oxygen atoms in total. The minimum Gasteiger partial charge on any atom is -0.481 e. The standard InChI is InChI=1S/C18H18N2O4/c21-17-12-24-16-10-14(19-11-13-4-2-1-3-5-13)6-7-15(16)20(17)9-8-18(22)23/h1-7,10,19H,8-9,11-12H2,(H,22,23). The van der Waals surface area contributed by atoms with Crippen LogP contribution in [0.4, 0.5) is 11.4 Å². The van der Waals surface area contributed by atoms with E-state index in [9.17, 15) is 9.59 Å². The van der Waals surface area contributed by atoms with Crippen LogP contribution >= 0.6 is 0 Å². The van der Waals surface area contributed by atoms with Gasteiger partial charge >= 0.3 is 5.97 Å². The Hall–Kier alpha value is -3.02. The Labute approximate surface area is 139 Å². The lowest BCUT2D eigenvalue weighted by Gasteiger charge is -2.29. The minimum absolute atomic E-state index is 0.0746. The van der Waals surface area contributed by atoms with Gasteiger partial charge in [-0.15, -0.1) is 0 Å². The summed E-state index contributed by atoms with van der Waals surface area (Å²) in [6, 6.07) is 15.5. The second kappa shape index (κ2) is 7.04. The molecule has 2 aromatic carbocycles. The van der Waals surface area contributed by atoms with Gasteiger partial charge in [0, 0.05) is 24.8 Å². The lowest BCUT2D eigenvalue weighted by Crippen LogP contribution is -2.40. The fourth-order valence-electron chi connectivity index (χ4n) is 2.57. The molecule has 0 aliphatic carbocycles. The lowest BCUT2D eigenvalue weighted by atomic mass is 10.2. The number of amides is 1. The zero-order chi connectivity index (χ0) is 16.9. The molecule has 1 heterocycles. The van der Waals surface area contributed by atoms with Crippen LogP contribution < -0.4 is 15.0 Å². The van der Waals surface area contributed by atoms with Crippen molar-refractivity contribution in [2.45, 2.75) is 13.0 Å². The molecule has 2 aromatic rings. The summed E-state index contributed by atoms with van der Waals surface area (Å²) in [5, 5.41) is 12.1. The molecule has 1 aliphatic heterocycles. The van der Waals surface area contributed by atoms with Crippen molar-refractivity contribution >= 4 is 23.3 Å². The van der Waals surface area contributed by atoms with Crippen LogP contribution in [-0.2, 0) is 16.1 Å². The molecule has 0 aromatic heterocycles. The van der Waals surface area contributed by atoms with E-state index in [4.69, 9.17) is 9.84 Å². The number of hydrogen-bond donors (Lipinski definition) is 2. The van der Waals surface area contributed by atoms with Crippen molar-refractivity contribution in [3.05, 3.63) is 54.1 Å². The first kappa shape index (κ1) is 15.9. The number of nitrogens with zero attached hydrogens (tertiary/aromatic N) is 1. The fourth-order valence-corrected chi connectivity index (χ4v) is 2.57. The maximum Gasteiger partial charge on any atom is 0.305 e. The van der Waals surface area contributed by atoms with Crippen molar-refractivity contribution in [2.24, 2.45) is 0 Å². The van der Waals surface area contributed by atoms with Crippen LogP contribution in [0.15, 0.2) is 48.5 Å². The van der Waals surface area contributed by atoms with Crippen LogP contribution in [0, 0.1) is 0 Å². The molecular weight excluding hydrogens is 308 g/mol. The van der Waals surface area contributed by atoms with E-state index in [1.807, 2.05) is 42.5 Å². The Morgan fingerprint density at radius 2 is 2.00 bits per heavy atom. The molecule has 24 heavy (non-hydrogen) atoms. The predicted octanol–water partition coefficient (Wildman–Crippen LogP) is 2.50.